The van der Waals surface area contributed by atoms with Gasteiger partial charge in [0.15, 0.2) is 34.9 Å². The number of fused-ring (bicyclic) bond motifs is 3. The van der Waals surface area contributed by atoms with Gasteiger partial charge < -0.3 is 4.42 Å². The summed E-state index contributed by atoms with van der Waals surface area (Å²) in [4.78, 5) is 28.2. The highest BCUT2D eigenvalue weighted by atomic mass is 19.4. The predicted molar refractivity (Wildman–Crippen MR) is 254 cm³/mol. The van der Waals surface area contributed by atoms with Gasteiger partial charge in [0.2, 0.25) is 0 Å². The molecule has 0 N–H and O–H groups in total. The molecule has 0 saturated carbocycles. The van der Waals surface area contributed by atoms with Gasteiger partial charge in [-0.1, -0.05) is 146 Å². The molecule has 7 nitrogen and oxygen atoms in total. The van der Waals surface area contributed by atoms with Crippen molar-refractivity contribution in [1.82, 2.24) is 29.9 Å². The summed E-state index contributed by atoms with van der Waals surface area (Å²) in [7, 11) is 0. The molecule has 3 aromatic heterocycles. The number of alkyl halides is 6. The van der Waals surface area contributed by atoms with Crippen molar-refractivity contribution >= 4 is 21.9 Å². The molecular formula is C56H32F6N6O. The number of aromatic nitrogens is 6. The molecule has 0 unspecified atom stereocenters. The lowest BCUT2D eigenvalue weighted by Crippen LogP contribution is -2.04. The van der Waals surface area contributed by atoms with Crippen molar-refractivity contribution in [3.63, 3.8) is 0 Å². The normalized spacial score (nSPS) is 11.9. The quantitative estimate of drug-likeness (QED) is 0.140. The molecule has 0 bridgehead atoms. The van der Waals surface area contributed by atoms with Crippen molar-refractivity contribution in [2.75, 3.05) is 0 Å². The first kappa shape index (κ1) is 42.8. The molecule has 11 aromatic rings. The molecule has 0 fully saturated rings. The van der Waals surface area contributed by atoms with Gasteiger partial charge in [0.05, 0.1) is 11.1 Å². The number of rotatable bonds is 8. The van der Waals surface area contributed by atoms with Crippen LogP contribution in [-0.4, -0.2) is 29.9 Å². The van der Waals surface area contributed by atoms with Crippen LogP contribution in [0.15, 0.2) is 199 Å². The Kier molecular flexibility index (Phi) is 10.6. The average molecular weight is 919 g/mol. The topological polar surface area (TPSA) is 90.5 Å². The van der Waals surface area contributed by atoms with Gasteiger partial charge in [-0.2, -0.15) is 26.3 Å². The standard InChI is InChI=1S/C56H32F6N6O/c57-55(58,59)43-25-19-39(20-26-43)53-65-49(35-7-3-1-4-8-35)63-51(67-53)37-15-11-33(12-16-37)41-23-29-47-45(31-41)46-32-42(24-30-48(46)69-47)34-13-17-38(18-14-34)52-64-50(36-9-5-2-6-10-36)66-54(68-52)40-21-27-44(28-22-40)56(60,61)62/h1-32H. The molecule has 0 radical (unpaired) electrons. The number of benzene rings is 8. The Morgan fingerprint density at radius 3 is 0.797 bits per heavy atom. The van der Waals surface area contributed by atoms with E-state index in [9.17, 15) is 26.3 Å². The van der Waals surface area contributed by atoms with E-state index in [4.69, 9.17) is 24.4 Å². The fourth-order valence-corrected chi connectivity index (χ4v) is 8.08. The number of nitrogens with zero attached hydrogens (tertiary/aromatic N) is 6. The zero-order valence-electron chi connectivity index (χ0n) is 35.8. The summed E-state index contributed by atoms with van der Waals surface area (Å²) in [5.41, 5.74) is 7.39. The van der Waals surface area contributed by atoms with Crippen molar-refractivity contribution < 1.29 is 30.8 Å². The van der Waals surface area contributed by atoms with E-state index < -0.39 is 23.5 Å². The van der Waals surface area contributed by atoms with Gasteiger partial charge in [0.1, 0.15) is 11.2 Å². The predicted octanol–water partition coefficient (Wildman–Crippen LogP) is 15.3. The van der Waals surface area contributed by atoms with E-state index in [1.165, 1.54) is 24.3 Å². The van der Waals surface area contributed by atoms with Crippen molar-refractivity contribution in [3.8, 4) is 90.6 Å². The lowest BCUT2D eigenvalue weighted by Gasteiger charge is -2.10. The molecule has 0 spiro atoms. The lowest BCUT2D eigenvalue weighted by atomic mass is 9.99. The van der Waals surface area contributed by atoms with E-state index in [0.29, 0.717) is 45.6 Å². The average Bonchev–Trinajstić information content (AvgIpc) is 3.76. The maximum absolute atomic E-state index is 13.4. The molecule has 3 heterocycles. The molecule has 8 aromatic carbocycles. The highest BCUT2D eigenvalue weighted by Crippen LogP contribution is 2.38. The van der Waals surface area contributed by atoms with E-state index >= 15 is 0 Å². The third kappa shape index (κ3) is 8.69. The van der Waals surface area contributed by atoms with Crippen LogP contribution in [0.4, 0.5) is 26.3 Å². The van der Waals surface area contributed by atoms with Crippen molar-refractivity contribution in [1.29, 1.82) is 0 Å². The minimum absolute atomic E-state index is 0.248. The summed E-state index contributed by atoms with van der Waals surface area (Å²) in [6.45, 7) is 0. The number of hydrogen-bond donors (Lipinski definition) is 0. The van der Waals surface area contributed by atoms with Crippen molar-refractivity contribution in [2.24, 2.45) is 0 Å². The Labute approximate surface area is 389 Å². The maximum atomic E-state index is 13.4. The fraction of sp³-hybridized carbons (Fsp3) is 0.0357. The minimum atomic E-state index is -4.47. The molecule has 13 heteroatoms. The lowest BCUT2D eigenvalue weighted by molar-refractivity contribution is -0.138. The van der Waals surface area contributed by atoms with Crippen LogP contribution < -0.4 is 0 Å². The molecule has 334 valence electrons. The molecule has 0 aliphatic rings. The van der Waals surface area contributed by atoms with Gasteiger partial charge in [-0.05, 0) is 70.8 Å². The van der Waals surface area contributed by atoms with Gasteiger partial charge in [-0.25, -0.2) is 29.9 Å². The van der Waals surface area contributed by atoms with Crippen molar-refractivity contribution in [2.45, 2.75) is 12.4 Å². The van der Waals surface area contributed by atoms with Crippen LogP contribution in [0.3, 0.4) is 0 Å². The molecule has 0 atom stereocenters. The highest BCUT2D eigenvalue weighted by Gasteiger charge is 2.31. The summed E-state index contributed by atoms with van der Waals surface area (Å²) in [5, 5.41) is 1.84. The molecule has 11 rings (SSSR count). The third-order valence-corrected chi connectivity index (χ3v) is 11.7. The SMILES string of the molecule is FC(F)(F)c1ccc(-c2nc(-c3ccccc3)nc(-c3ccc(-c4ccc5oc6ccc(-c7ccc(-c8nc(-c9ccccc9)nc(-c9ccc(C(F)(F)F)cc9)n8)cc7)cc6c5c4)cc3)n2)cc1. The molecule has 0 aliphatic carbocycles. The fourth-order valence-electron chi connectivity index (χ4n) is 8.08. The van der Waals surface area contributed by atoms with Crippen LogP contribution in [-0.2, 0) is 12.4 Å². The monoisotopic (exact) mass is 918 g/mol. The summed E-state index contributed by atoms with van der Waals surface area (Å²) in [5.74, 6) is 2.02. The molecular weight excluding hydrogens is 887 g/mol. The third-order valence-electron chi connectivity index (χ3n) is 11.7. The summed E-state index contributed by atoms with van der Waals surface area (Å²) in [6, 6.07) is 55.7. The van der Waals surface area contributed by atoms with Crippen LogP contribution in [0.1, 0.15) is 11.1 Å². The van der Waals surface area contributed by atoms with Gasteiger partial charge in [-0.15, -0.1) is 0 Å². The first-order valence-corrected chi connectivity index (χ1v) is 21.6. The Hall–Kier alpha value is -8.84. The zero-order chi connectivity index (χ0) is 47.3. The summed E-state index contributed by atoms with van der Waals surface area (Å²) < 4.78 is 86.4. The highest BCUT2D eigenvalue weighted by molar-refractivity contribution is 6.07. The molecule has 0 saturated heterocycles. The second kappa shape index (κ2) is 17.1. The number of hydrogen-bond acceptors (Lipinski definition) is 7. The van der Waals surface area contributed by atoms with E-state index in [2.05, 4.69) is 22.1 Å². The van der Waals surface area contributed by atoms with Gasteiger partial charge in [-0.3, -0.25) is 0 Å². The largest absolute Gasteiger partial charge is 0.456 e. The van der Waals surface area contributed by atoms with E-state index in [1.807, 2.05) is 133 Å². The van der Waals surface area contributed by atoms with Crippen molar-refractivity contribution in [3.05, 3.63) is 205 Å². The number of halogens is 6. The Balaban J connectivity index is 0.891. The Morgan fingerprint density at radius 2 is 0.507 bits per heavy atom. The number of furan rings is 1. The maximum Gasteiger partial charge on any atom is 0.416 e. The Morgan fingerprint density at radius 1 is 0.261 bits per heavy atom. The Bertz CT molecular complexity index is 3410. The van der Waals surface area contributed by atoms with E-state index in [1.54, 1.807) is 0 Å². The van der Waals surface area contributed by atoms with Gasteiger partial charge in [0.25, 0.3) is 0 Å². The van der Waals surface area contributed by atoms with E-state index in [-0.39, 0.29) is 11.6 Å². The first-order chi connectivity index (χ1) is 33.4. The van der Waals surface area contributed by atoms with Crippen LogP contribution in [0.5, 0.6) is 0 Å². The van der Waals surface area contributed by atoms with Crippen LogP contribution >= 0.6 is 0 Å². The zero-order valence-corrected chi connectivity index (χ0v) is 35.8. The molecule has 69 heavy (non-hydrogen) atoms. The van der Waals surface area contributed by atoms with Gasteiger partial charge >= 0.3 is 12.4 Å². The smallest absolute Gasteiger partial charge is 0.416 e. The molecule has 0 aliphatic heterocycles. The first-order valence-electron chi connectivity index (χ1n) is 21.6. The summed E-state index contributed by atoms with van der Waals surface area (Å²) in [6.07, 6.45) is -8.94. The van der Waals surface area contributed by atoms with Crippen LogP contribution in [0.2, 0.25) is 0 Å². The van der Waals surface area contributed by atoms with Crippen LogP contribution in [0, 0.1) is 0 Å². The van der Waals surface area contributed by atoms with E-state index in [0.717, 1.165) is 79.6 Å². The molecule has 0 amide bonds. The minimum Gasteiger partial charge on any atom is -0.456 e. The second-order valence-corrected chi connectivity index (χ2v) is 16.2. The second-order valence-electron chi connectivity index (χ2n) is 16.2. The van der Waals surface area contributed by atoms with Crippen LogP contribution in [0.25, 0.3) is 113 Å². The van der Waals surface area contributed by atoms with Gasteiger partial charge in [0, 0.05) is 44.2 Å². The summed E-state index contributed by atoms with van der Waals surface area (Å²) >= 11 is 0.